The molecule has 0 unspecified atom stereocenters. The van der Waals surface area contributed by atoms with Crippen LogP contribution in [0.3, 0.4) is 0 Å². The number of rotatable bonds is 6. The highest BCUT2D eigenvalue weighted by Crippen LogP contribution is 2.39. The maximum absolute atomic E-state index is 12.9. The fourth-order valence-corrected chi connectivity index (χ4v) is 3.19. The molecular formula is C22H25NO5. The van der Waals surface area contributed by atoms with Crippen LogP contribution in [0.15, 0.2) is 42.5 Å². The lowest BCUT2D eigenvalue weighted by Gasteiger charge is -2.39. The van der Waals surface area contributed by atoms with Crippen molar-refractivity contribution in [2.75, 3.05) is 25.2 Å². The van der Waals surface area contributed by atoms with E-state index in [0.717, 1.165) is 11.1 Å². The van der Waals surface area contributed by atoms with Crippen molar-refractivity contribution in [3.05, 3.63) is 59.2 Å². The molecule has 1 amide bonds. The first-order chi connectivity index (χ1) is 13.3. The molecule has 0 N–H and O–H groups in total. The van der Waals surface area contributed by atoms with Crippen molar-refractivity contribution >= 4 is 17.6 Å². The van der Waals surface area contributed by atoms with E-state index in [1.54, 1.807) is 30.9 Å². The zero-order valence-electron chi connectivity index (χ0n) is 16.7. The first kappa shape index (κ1) is 19.9. The highest BCUT2D eigenvalue weighted by atomic mass is 16.5. The van der Waals surface area contributed by atoms with E-state index in [9.17, 15) is 9.59 Å². The molecule has 1 aliphatic rings. The predicted molar refractivity (Wildman–Crippen MR) is 106 cm³/mol. The van der Waals surface area contributed by atoms with Crippen molar-refractivity contribution in [2.24, 2.45) is 0 Å². The Balaban J connectivity index is 1.81. The summed E-state index contributed by atoms with van der Waals surface area (Å²) in [5, 5.41) is 0. The maximum Gasteiger partial charge on any atom is 0.338 e. The summed E-state index contributed by atoms with van der Waals surface area (Å²) < 4.78 is 16.5. The first-order valence-corrected chi connectivity index (χ1v) is 9.19. The van der Waals surface area contributed by atoms with Gasteiger partial charge < -0.3 is 19.1 Å². The number of ether oxygens (including phenoxy) is 3. The second kappa shape index (κ2) is 8.02. The van der Waals surface area contributed by atoms with Crippen molar-refractivity contribution in [3.8, 4) is 5.75 Å². The quantitative estimate of drug-likeness (QED) is 0.564. The van der Waals surface area contributed by atoms with E-state index < -0.39 is 11.6 Å². The Labute approximate surface area is 165 Å². The lowest BCUT2D eigenvalue weighted by atomic mass is 10.0. The molecule has 0 saturated carbocycles. The topological polar surface area (TPSA) is 65.1 Å². The van der Waals surface area contributed by atoms with Gasteiger partial charge in [0.05, 0.1) is 31.6 Å². The Morgan fingerprint density at radius 3 is 2.57 bits per heavy atom. The Hall–Kier alpha value is -2.86. The largest absolute Gasteiger partial charge is 0.476 e. The van der Waals surface area contributed by atoms with Gasteiger partial charge in [0.2, 0.25) is 0 Å². The number of methoxy groups -OCH3 is 1. The van der Waals surface area contributed by atoms with Crippen LogP contribution in [0.4, 0.5) is 5.69 Å². The van der Waals surface area contributed by atoms with Crippen LogP contribution in [0, 0.1) is 6.92 Å². The van der Waals surface area contributed by atoms with Crippen molar-refractivity contribution in [2.45, 2.75) is 33.0 Å². The van der Waals surface area contributed by atoms with E-state index in [0.29, 0.717) is 36.8 Å². The van der Waals surface area contributed by atoms with Gasteiger partial charge in [0.15, 0.2) is 5.60 Å². The van der Waals surface area contributed by atoms with Crippen LogP contribution in [0.1, 0.15) is 35.3 Å². The number of benzene rings is 2. The van der Waals surface area contributed by atoms with Crippen LogP contribution in [-0.2, 0) is 20.9 Å². The molecular weight excluding hydrogens is 358 g/mol. The van der Waals surface area contributed by atoms with E-state index in [4.69, 9.17) is 14.2 Å². The molecule has 0 bridgehead atoms. The number of fused-ring (bicyclic) bond motifs is 1. The number of nitrogens with zero attached hydrogens (tertiary/aromatic N) is 1. The predicted octanol–water partition coefficient (Wildman–Crippen LogP) is 3.50. The third-order valence-corrected chi connectivity index (χ3v) is 4.70. The summed E-state index contributed by atoms with van der Waals surface area (Å²) in [7, 11) is 1.33. The number of esters is 1. The van der Waals surface area contributed by atoms with Gasteiger partial charge in [-0.1, -0.05) is 30.3 Å². The number of carbonyl (C=O) groups is 2. The van der Waals surface area contributed by atoms with Gasteiger partial charge in [-0.2, -0.15) is 0 Å². The lowest BCUT2D eigenvalue weighted by Crippen LogP contribution is -2.53. The molecule has 0 radical (unpaired) electrons. The molecule has 0 fully saturated rings. The smallest absolute Gasteiger partial charge is 0.338 e. The fraction of sp³-hybridized carbons (Fsp3) is 0.364. The number of hydrogen-bond acceptors (Lipinski definition) is 5. The molecule has 3 rings (SSSR count). The Morgan fingerprint density at radius 1 is 1.18 bits per heavy atom. The fourth-order valence-electron chi connectivity index (χ4n) is 3.19. The van der Waals surface area contributed by atoms with Gasteiger partial charge in [-0.3, -0.25) is 4.79 Å². The van der Waals surface area contributed by atoms with Gasteiger partial charge >= 0.3 is 5.97 Å². The van der Waals surface area contributed by atoms with Gasteiger partial charge in [0.25, 0.3) is 5.91 Å². The van der Waals surface area contributed by atoms with E-state index >= 15 is 0 Å². The molecule has 28 heavy (non-hydrogen) atoms. The Morgan fingerprint density at radius 2 is 1.89 bits per heavy atom. The van der Waals surface area contributed by atoms with Crippen molar-refractivity contribution in [3.63, 3.8) is 0 Å². The minimum absolute atomic E-state index is 0.178. The minimum atomic E-state index is -0.994. The minimum Gasteiger partial charge on any atom is -0.476 e. The summed E-state index contributed by atoms with van der Waals surface area (Å²) in [6, 6.07) is 13.3. The molecule has 0 atom stereocenters. The summed E-state index contributed by atoms with van der Waals surface area (Å²) in [5.74, 6) is -0.0568. The average Bonchev–Trinajstić information content (AvgIpc) is 2.67. The third-order valence-electron chi connectivity index (χ3n) is 4.70. The maximum atomic E-state index is 12.9. The Kier molecular flexibility index (Phi) is 5.70. The number of carbonyl (C=O) groups excluding carboxylic acids is 2. The molecule has 0 spiro atoms. The van der Waals surface area contributed by atoms with Crippen LogP contribution in [0.25, 0.3) is 0 Å². The lowest BCUT2D eigenvalue weighted by molar-refractivity contribution is -0.132. The molecule has 2 aromatic carbocycles. The highest BCUT2D eigenvalue weighted by Gasteiger charge is 2.41. The SMILES string of the molecule is COC(=O)c1cc2c(cc1C)OC(C)(C)C(=O)N2CCOCc1ccccc1. The van der Waals surface area contributed by atoms with Gasteiger partial charge in [0, 0.05) is 6.54 Å². The second-order valence-electron chi connectivity index (χ2n) is 7.23. The van der Waals surface area contributed by atoms with Gasteiger partial charge in [0.1, 0.15) is 5.75 Å². The molecule has 0 aliphatic carbocycles. The van der Waals surface area contributed by atoms with Crippen LogP contribution >= 0.6 is 0 Å². The number of hydrogen-bond donors (Lipinski definition) is 0. The van der Waals surface area contributed by atoms with Gasteiger partial charge in [-0.05, 0) is 44.0 Å². The molecule has 1 aliphatic heterocycles. The normalized spacial score (nSPS) is 15.0. The second-order valence-corrected chi connectivity index (χ2v) is 7.23. The zero-order chi connectivity index (χ0) is 20.3. The van der Waals surface area contributed by atoms with Crippen LogP contribution < -0.4 is 9.64 Å². The van der Waals surface area contributed by atoms with Crippen LogP contribution in [0.5, 0.6) is 5.75 Å². The van der Waals surface area contributed by atoms with E-state index in [1.165, 1.54) is 7.11 Å². The number of amides is 1. The number of anilines is 1. The Bertz CT molecular complexity index is 876. The molecule has 0 aromatic heterocycles. The van der Waals surface area contributed by atoms with Crippen molar-refractivity contribution < 1.29 is 23.8 Å². The molecule has 2 aromatic rings. The van der Waals surface area contributed by atoms with E-state index in [2.05, 4.69) is 0 Å². The van der Waals surface area contributed by atoms with Crippen molar-refractivity contribution in [1.29, 1.82) is 0 Å². The van der Waals surface area contributed by atoms with E-state index in [1.807, 2.05) is 37.3 Å². The zero-order valence-corrected chi connectivity index (χ0v) is 16.7. The molecule has 1 heterocycles. The summed E-state index contributed by atoms with van der Waals surface area (Å²) in [5.41, 5.74) is 1.77. The number of aryl methyl sites for hydroxylation is 1. The molecule has 148 valence electrons. The average molecular weight is 383 g/mol. The summed E-state index contributed by atoms with van der Waals surface area (Å²) in [4.78, 5) is 26.6. The van der Waals surface area contributed by atoms with Crippen LogP contribution in [0.2, 0.25) is 0 Å². The van der Waals surface area contributed by atoms with Crippen LogP contribution in [-0.4, -0.2) is 37.7 Å². The molecule has 6 nitrogen and oxygen atoms in total. The highest BCUT2D eigenvalue weighted by molar-refractivity contribution is 6.04. The van der Waals surface area contributed by atoms with Gasteiger partial charge in [-0.25, -0.2) is 4.79 Å². The summed E-state index contributed by atoms with van der Waals surface area (Å²) in [6.07, 6.45) is 0. The molecule has 0 saturated heterocycles. The monoisotopic (exact) mass is 383 g/mol. The van der Waals surface area contributed by atoms with Gasteiger partial charge in [-0.15, -0.1) is 0 Å². The standard InChI is InChI=1S/C22H25NO5/c1-15-12-19-18(13-17(15)20(24)26-4)23(21(25)22(2,3)28-19)10-11-27-14-16-8-6-5-7-9-16/h5-9,12-13H,10-11,14H2,1-4H3. The third kappa shape index (κ3) is 4.02. The first-order valence-electron chi connectivity index (χ1n) is 9.19. The van der Waals surface area contributed by atoms with Crippen molar-refractivity contribution in [1.82, 2.24) is 0 Å². The molecule has 6 heteroatoms. The summed E-state index contributed by atoms with van der Waals surface area (Å²) >= 11 is 0. The summed E-state index contributed by atoms with van der Waals surface area (Å²) in [6.45, 7) is 6.47. The van der Waals surface area contributed by atoms with E-state index in [-0.39, 0.29) is 5.91 Å².